The molecule has 580 valence electrons. The summed E-state index contributed by atoms with van der Waals surface area (Å²) in [6, 6.07) is 40.0. The van der Waals surface area contributed by atoms with Crippen LogP contribution in [0, 0.1) is 24.0 Å². The van der Waals surface area contributed by atoms with Crippen molar-refractivity contribution in [3.63, 3.8) is 0 Å². The Kier molecular flexibility index (Phi) is 24.5. The highest BCUT2D eigenvalue weighted by molar-refractivity contribution is 7.95. The van der Waals surface area contributed by atoms with Crippen molar-refractivity contribution in [3.05, 3.63) is 208 Å². The van der Waals surface area contributed by atoms with Crippen LogP contribution in [0.1, 0.15) is 21.5 Å². The lowest BCUT2D eigenvalue weighted by Gasteiger charge is -2.15. The molecule has 113 heavy (non-hydrogen) atoms. The maximum Gasteiger partial charge on any atom is 0.337 e. The third kappa shape index (κ3) is 19.5. The van der Waals surface area contributed by atoms with Gasteiger partial charge in [-0.05, 0) is 168 Å². The van der Waals surface area contributed by atoms with Crippen molar-refractivity contribution in [2.45, 2.75) is 43.2 Å². The summed E-state index contributed by atoms with van der Waals surface area (Å²) in [4.78, 5) is 31.8. The number of nitrogens with two attached hydrogens (primary N) is 2. The molecule has 0 unspecified atom stereocenters. The van der Waals surface area contributed by atoms with Gasteiger partial charge in [0.2, 0.25) is 17.2 Å². The molecule has 47 heteroatoms. The molecule has 11 aromatic carbocycles. The Balaban J connectivity index is 0.000000224. The molecule has 0 saturated carbocycles. The van der Waals surface area contributed by atoms with Gasteiger partial charge in [-0.15, -0.1) is 34.2 Å². The average molecular weight is 1680 g/mol. The number of nitro groups is 1. The van der Waals surface area contributed by atoms with Crippen LogP contribution in [0.5, 0.6) is 11.5 Å². The Hall–Kier alpha value is -12.5. The topological polar surface area (TPSA) is 621 Å². The maximum atomic E-state index is 13.2. The molecule has 12 rings (SSSR count). The molecule has 0 saturated heterocycles. The van der Waals surface area contributed by atoms with E-state index in [-0.39, 0.29) is 122 Å². The molecule has 0 aliphatic heterocycles. The first kappa shape index (κ1) is 81.5. The number of rotatable bonds is 26. The molecule has 0 spiro atoms. The van der Waals surface area contributed by atoms with Crippen molar-refractivity contribution in [2.75, 3.05) is 26.8 Å². The Morgan fingerprint density at radius 1 is 0.540 bits per heavy atom. The van der Waals surface area contributed by atoms with Crippen LogP contribution < -0.4 is 26.8 Å². The van der Waals surface area contributed by atoms with E-state index in [1.165, 1.54) is 109 Å². The molecular weight excluding hydrogens is 1630 g/mol. The zero-order chi connectivity index (χ0) is 81.4. The van der Waals surface area contributed by atoms with Gasteiger partial charge >= 0.3 is 5.97 Å². The zero-order valence-corrected chi connectivity index (χ0v) is 62.4. The van der Waals surface area contributed by atoms with E-state index in [9.17, 15) is 77.6 Å². The van der Waals surface area contributed by atoms with Crippen LogP contribution in [-0.2, 0) is 59.1 Å². The first-order valence-electron chi connectivity index (χ1n) is 31.1. The number of carbonyl (C=O) groups is 1. The Bertz CT molecular complexity index is 6430. The number of nitro benzene ring substituents is 1. The molecular formula is C66H50ClN17O23S6. The minimum Gasteiger partial charge on any atom is -0.505 e. The molecule has 0 atom stereocenters. The number of azo groups is 4. The predicted molar refractivity (Wildman–Crippen MR) is 409 cm³/mol. The van der Waals surface area contributed by atoms with Gasteiger partial charge in [-0.2, -0.15) is 55.5 Å². The quantitative estimate of drug-likeness (QED) is 0.00455. The summed E-state index contributed by atoms with van der Waals surface area (Å²) in [5.41, 5.74) is 13.2. The number of sulfonamides is 1. The summed E-state index contributed by atoms with van der Waals surface area (Å²) in [5, 5.41) is 106. The lowest BCUT2D eigenvalue weighted by molar-refractivity contribution is -0.432. The van der Waals surface area contributed by atoms with Crippen molar-refractivity contribution < 1.29 is 102 Å². The minimum atomic E-state index is -5.09. The fourth-order valence-corrected chi connectivity index (χ4v) is 14.8. The number of non-ortho nitro benzene ring substituents is 1. The first-order valence-corrected chi connectivity index (χ1v) is 38.7. The van der Waals surface area contributed by atoms with Gasteiger partial charge in [0.25, 0.3) is 46.1 Å². The highest BCUT2D eigenvalue weighted by Crippen LogP contribution is 2.51. The molecule has 1 heterocycles. The molecule has 0 aliphatic carbocycles. The van der Waals surface area contributed by atoms with Crippen LogP contribution in [0.15, 0.2) is 246 Å². The number of aromatic carboxylic acids is 1. The summed E-state index contributed by atoms with van der Waals surface area (Å²) in [6.07, 6.45) is 0. The number of nitrogens with zero attached hydrogens (tertiary/aromatic N) is 12. The normalized spacial score (nSPS) is 12.2. The molecule has 15 N–H and O–H groups in total. The number of aromatic hydroxyl groups is 2. The molecule has 1 aromatic heterocycles. The third-order valence-electron chi connectivity index (χ3n) is 15.5. The Labute approximate surface area is 648 Å². The van der Waals surface area contributed by atoms with Crippen LogP contribution in [0.25, 0.3) is 32.3 Å². The van der Waals surface area contributed by atoms with Gasteiger partial charge < -0.3 is 37.4 Å². The number of aromatic nitrogens is 3. The summed E-state index contributed by atoms with van der Waals surface area (Å²) < 4.78 is 143. The number of aryl methyl sites for hydroxylation is 2. The zero-order valence-electron chi connectivity index (χ0n) is 56.8. The van der Waals surface area contributed by atoms with E-state index in [4.69, 9.17) is 33.6 Å². The average Bonchev–Trinajstić information content (AvgIpc) is 0.754. The SMILES string of the molecule is Cc1ccc(N=Nc2ccc(NS(=O)(=O)c3ccc(N=Nc4c(S(=O)(=O)O)cc5cc(SOOO)c(N=Nc6ccc([N+](=O)[O-])cc6)c(N)c5c4O)cc3)cc2)c(N)c1.Cc1ccc(Nc2nc(Cl)nc(Nc3cc(S(=O)(=O)O)cc4cc(SOOO)c(N=Nc5ccc6ccccc6c5S(=O)(=O)O)c(O)c34)n2)c(C(=O)O)c1. The van der Waals surface area contributed by atoms with Crippen LogP contribution >= 0.6 is 35.7 Å². The van der Waals surface area contributed by atoms with Crippen molar-refractivity contribution in [1.29, 1.82) is 0 Å². The lowest BCUT2D eigenvalue weighted by Crippen LogP contribution is -2.12. The first-order chi connectivity index (χ1) is 53.6. The van der Waals surface area contributed by atoms with Gasteiger partial charge in [0, 0.05) is 28.6 Å². The van der Waals surface area contributed by atoms with Crippen molar-refractivity contribution >= 4 is 206 Å². The number of nitrogen functional groups attached to an aromatic ring is 2. The second-order valence-electron chi connectivity index (χ2n) is 23.1. The molecule has 0 aliphatic rings. The van der Waals surface area contributed by atoms with Gasteiger partial charge in [-0.3, -0.25) is 28.5 Å². The molecule has 40 nitrogen and oxygen atoms in total. The van der Waals surface area contributed by atoms with E-state index in [0.29, 0.717) is 40.1 Å². The number of phenols is 2. The van der Waals surface area contributed by atoms with Crippen LogP contribution in [0.2, 0.25) is 5.28 Å². The van der Waals surface area contributed by atoms with Crippen molar-refractivity contribution in [3.8, 4) is 11.5 Å². The molecule has 0 fully saturated rings. The molecule has 0 bridgehead atoms. The number of phenolic OH excluding ortho intramolecular Hbond substituents is 2. The minimum absolute atomic E-state index is 0.00659. The van der Waals surface area contributed by atoms with Gasteiger partial charge in [0.05, 0.1) is 99.4 Å². The smallest absolute Gasteiger partial charge is 0.337 e. The number of carboxylic acid groups (broad SMARTS) is 1. The summed E-state index contributed by atoms with van der Waals surface area (Å²) in [5.74, 6) is -3.47. The van der Waals surface area contributed by atoms with E-state index < -0.39 is 94.1 Å². The van der Waals surface area contributed by atoms with Gasteiger partial charge in [0.15, 0.2) is 11.5 Å². The number of fused-ring (bicyclic) bond motifs is 3. The Morgan fingerprint density at radius 2 is 1.07 bits per heavy atom. The summed E-state index contributed by atoms with van der Waals surface area (Å²) in [7, 11) is -19.0. The number of nitrogens with one attached hydrogen (secondary N) is 3. The lowest BCUT2D eigenvalue weighted by atomic mass is 10.1. The molecule has 0 radical (unpaired) electrons. The molecule has 0 amide bonds. The van der Waals surface area contributed by atoms with Gasteiger partial charge in [0.1, 0.15) is 38.2 Å². The highest BCUT2D eigenvalue weighted by Gasteiger charge is 2.29. The van der Waals surface area contributed by atoms with E-state index in [2.05, 4.69) is 90.0 Å². The van der Waals surface area contributed by atoms with Crippen molar-refractivity contribution in [2.24, 2.45) is 40.9 Å². The number of anilines is 7. The van der Waals surface area contributed by atoms with Crippen LogP contribution in [0.3, 0.4) is 0 Å². The highest BCUT2D eigenvalue weighted by atomic mass is 35.5. The summed E-state index contributed by atoms with van der Waals surface area (Å²) >= 11 is 6.79. The number of hydrogen-bond acceptors (Lipinski definition) is 36. The van der Waals surface area contributed by atoms with E-state index in [1.54, 1.807) is 49.4 Å². The fraction of sp³-hybridized carbons (Fsp3) is 0.0303. The Morgan fingerprint density at radius 3 is 1.66 bits per heavy atom. The van der Waals surface area contributed by atoms with Crippen LogP contribution in [-0.4, -0.2) is 99.0 Å². The van der Waals surface area contributed by atoms with E-state index in [0.717, 1.165) is 23.8 Å². The molecule has 12 aromatic rings. The van der Waals surface area contributed by atoms with E-state index >= 15 is 0 Å². The van der Waals surface area contributed by atoms with Gasteiger partial charge in [-0.1, -0.05) is 58.1 Å². The largest absolute Gasteiger partial charge is 0.505 e. The summed E-state index contributed by atoms with van der Waals surface area (Å²) in [6.45, 7) is 3.59. The number of halogens is 1. The third-order valence-corrected chi connectivity index (χ3v) is 21.0. The van der Waals surface area contributed by atoms with Gasteiger partial charge in [-0.25, -0.2) is 23.7 Å². The number of carboxylic acids is 1. The number of benzene rings is 11. The fourth-order valence-electron chi connectivity index (χ4n) is 10.5. The van der Waals surface area contributed by atoms with Crippen molar-refractivity contribution in [1.82, 2.24) is 15.0 Å². The van der Waals surface area contributed by atoms with E-state index in [1.807, 2.05) is 13.0 Å². The predicted octanol–water partition coefficient (Wildman–Crippen LogP) is 17.0. The standard InChI is InChI=1S/C35H28N10O11S3.C31H22ClN7O12S3/c1-19-2-15-28(27(36)16-19)41-38-21-3-5-24(6-4-21)44-58(50,51)26-13-9-23(10-14-26)40-43-34-30(59(52,53)54)18-20-17-29(57-56-55-49)33(32(37)31(20)35(34)46)42-39-22-7-11-25(12-8-22)45(47)48;1-14-6-8-20(19(10-14)28(41)42)33-30-35-29(32)36-31(37-30)34-22-13-17(53(44,45)46)11-16-12-23(52-51-50-43)25(26(40)24(16)22)39-38-21-9-7-15-4-2-3-5-18(15)27(21)54(47,48)49/h2-18,44,46,49H,36-37H2,1H3,(H,52,53,54);2-13,40,43H,1H3,(H,41,42)(H,44,45,46)(H,47,48,49)(H2,33,34,35,36,37). The number of hydrogen-bond donors (Lipinski definition) is 13. The maximum absolute atomic E-state index is 13.2. The van der Waals surface area contributed by atoms with Crippen LogP contribution in [0.4, 0.5) is 91.5 Å². The second-order valence-corrected chi connectivity index (χ2v) is 30.8. The monoisotopic (exact) mass is 1680 g/mol. The second kappa shape index (κ2) is 34.0.